The van der Waals surface area contributed by atoms with Crippen molar-refractivity contribution in [2.75, 3.05) is 44.1 Å². The van der Waals surface area contributed by atoms with Crippen LogP contribution in [0, 0.1) is 0 Å². The van der Waals surface area contributed by atoms with Gasteiger partial charge < -0.3 is 15.4 Å². The van der Waals surface area contributed by atoms with Crippen molar-refractivity contribution < 1.29 is 22.7 Å². The van der Waals surface area contributed by atoms with Gasteiger partial charge in [-0.15, -0.1) is 0 Å². The average molecular weight is 460 g/mol. The molecule has 9 heteroatoms. The number of hydrogen-bond donors (Lipinski definition) is 2. The van der Waals surface area contributed by atoms with Gasteiger partial charge in [-0.2, -0.15) is 0 Å². The predicted octanol–water partition coefficient (Wildman–Crippen LogP) is 1.73. The molecule has 1 heterocycles. The Bertz CT molecular complexity index is 1050. The first kappa shape index (κ1) is 23.7. The molecular weight excluding hydrogens is 430 g/mol. The van der Waals surface area contributed by atoms with Gasteiger partial charge >= 0.3 is 0 Å². The summed E-state index contributed by atoms with van der Waals surface area (Å²) in [6.07, 6.45) is 1.19. The molecule has 0 saturated carbocycles. The van der Waals surface area contributed by atoms with Crippen LogP contribution < -0.4 is 15.4 Å². The van der Waals surface area contributed by atoms with Crippen LogP contribution in [0.15, 0.2) is 48.5 Å². The van der Waals surface area contributed by atoms with Gasteiger partial charge in [0.15, 0.2) is 9.84 Å². The predicted molar refractivity (Wildman–Crippen MR) is 124 cm³/mol. The van der Waals surface area contributed by atoms with Gasteiger partial charge in [0, 0.05) is 12.6 Å². The number of anilines is 1. The Morgan fingerprint density at radius 1 is 1.12 bits per heavy atom. The number of carbonyl (C=O) groups is 2. The molecule has 1 fully saturated rings. The normalized spacial score (nSPS) is 17.2. The second-order valence-corrected chi connectivity index (χ2v) is 10.1. The Hall–Kier alpha value is -2.91. The van der Waals surface area contributed by atoms with Gasteiger partial charge in [-0.25, -0.2) is 8.42 Å². The van der Waals surface area contributed by atoms with Gasteiger partial charge in [0.25, 0.3) is 5.91 Å². The van der Waals surface area contributed by atoms with Crippen molar-refractivity contribution in [3.05, 3.63) is 59.7 Å². The molecule has 3 rings (SSSR count). The molecule has 0 aliphatic carbocycles. The van der Waals surface area contributed by atoms with Crippen molar-refractivity contribution in [3.63, 3.8) is 0 Å². The molecule has 1 saturated heterocycles. The number of sulfone groups is 1. The summed E-state index contributed by atoms with van der Waals surface area (Å²) in [4.78, 5) is 27.0. The standard InChI is InChI=1S/C23H29N3O5S/c1-26(18-12-14-32(29,30)16-18)15-22(27)25-21-6-4-3-5-20(21)23(28)24-13-11-17-7-9-19(31-2)10-8-17/h3-10,18H,11-16H2,1-2H3,(H,24,28)(H,25,27)/t18-/m0/s1. The molecule has 1 aliphatic rings. The summed E-state index contributed by atoms with van der Waals surface area (Å²) in [6.45, 7) is 0.500. The van der Waals surface area contributed by atoms with Crippen molar-refractivity contribution in [2.24, 2.45) is 0 Å². The molecule has 1 aliphatic heterocycles. The number of ether oxygens (including phenoxy) is 1. The second kappa shape index (κ2) is 10.6. The van der Waals surface area contributed by atoms with Crippen LogP contribution in [0.1, 0.15) is 22.3 Å². The van der Waals surface area contributed by atoms with Crippen molar-refractivity contribution >= 4 is 27.3 Å². The number of benzene rings is 2. The highest BCUT2D eigenvalue weighted by atomic mass is 32.2. The molecule has 2 N–H and O–H groups in total. The van der Waals surface area contributed by atoms with Gasteiger partial charge in [0.05, 0.1) is 36.4 Å². The Balaban J connectivity index is 1.53. The lowest BCUT2D eigenvalue weighted by molar-refractivity contribution is -0.117. The van der Waals surface area contributed by atoms with E-state index in [-0.39, 0.29) is 35.9 Å². The van der Waals surface area contributed by atoms with Crippen LogP contribution in [0.3, 0.4) is 0 Å². The third-order valence-electron chi connectivity index (χ3n) is 5.53. The summed E-state index contributed by atoms with van der Waals surface area (Å²) in [7, 11) is 0.334. The van der Waals surface area contributed by atoms with Crippen LogP contribution in [0.2, 0.25) is 0 Å². The van der Waals surface area contributed by atoms with Crippen LogP contribution in [-0.4, -0.2) is 69.9 Å². The molecule has 0 bridgehead atoms. The van der Waals surface area contributed by atoms with E-state index in [1.807, 2.05) is 24.3 Å². The summed E-state index contributed by atoms with van der Waals surface area (Å²) < 4.78 is 28.5. The number of carbonyl (C=O) groups excluding carboxylic acids is 2. The van der Waals surface area contributed by atoms with Crippen LogP contribution >= 0.6 is 0 Å². The molecule has 0 radical (unpaired) electrons. The highest BCUT2D eigenvalue weighted by Crippen LogP contribution is 2.18. The van der Waals surface area contributed by atoms with Gasteiger partial charge in [-0.3, -0.25) is 14.5 Å². The number of nitrogens with zero attached hydrogens (tertiary/aromatic N) is 1. The van der Waals surface area contributed by atoms with E-state index in [4.69, 9.17) is 4.74 Å². The van der Waals surface area contributed by atoms with Gasteiger partial charge in [-0.05, 0) is 49.7 Å². The smallest absolute Gasteiger partial charge is 0.253 e. The van der Waals surface area contributed by atoms with E-state index in [0.29, 0.717) is 30.6 Å². The fraction of sp³-hybridized carbons (Fsp3) is 0.391. The lowest BCUT2D eigenvalue weighted by Gasteiger charge is -2.22. The first-order valence-corrected chi connectivity index (χ1v) is 12.3. The number of nitrogens with one attached hydrogen (secondary N) is 2. The number of methoxy groups -OCH3 is 1. The molecule has 2 aromatic carbocycles. The quantitative estimate of drug-likeness (QED) is 0.592. The molecule has 172 valence electrons. The first-order chi connectivity index (χ1) is 15.3. The minimum Gasteiger partial charge on any atom is -0.497 e. The van der Waals surface area contributed by atoms with E-state index in [0.717, 1.165) is 11.3 Å². The zero-order chi connectivity index (χ0) is 23.1. The van der Waals surface area contributed by atoms with Gasteiger partial charge in [0.1, 0.15) is 5.75 Å². The SMILES string of the molecule is COc1ccc(CCNC(=O)c2ccccc2NC(=O)CN(C)[C@H]2CCS(=O)(=O)C2)cc1. The number of likely N-dealkylation sites (N-methyl/N-ethyl adjacent to an activating group) is 1. The Morgan fingerprint density at radius 3 is 2.50 bits per heavy atom. The van der Waals surface area contributed by atoms with E-state index in [9.17, 15) is 18.0 Å². The van der Waals surface area contributed by atoms with Crippen molar-refractivity contribution in [1.29, 1.82) is 0 Å². The summed E-state index contributed by atoms with van der Waals surface area (Å²) in [6, 6.07) is 14.3. The third kappa shape index (κ3) is 6.54. The van der Waals surface area contributed by atoms with E-state index in [2.05, 4.69) is 10.6 Å². The number of hydrogen-bond acceptors (Lipinski definition) is 6. The van der Waals surface area contributed by atoms with E-state index in [1.165, 1.54) is 0 Å². The van der Waals surface area contributed by atoms with Crippen LogP contribution in [0.4, 0.5) is 5.69 Å². The lowest BCUT2D eigenvalue weighted by Crippen LogP contribution is -2.39. The van der Waals surface area contributed by atoms with Crippen molar-refractivity contribution in [2.45, 2.75) is 18.9 Å². The molecule has 0 spiro atoms. The number of amides is 2. The minimum absolute atomic E-state index is 0.0492. The molecule has 0 unspecified atom stereocenters. The Kier molecular flexibility index (Phi) is 7.87. The monoisotopic (exact) mass is 459 g/mol. The number of rotatable bonds is 9. The van der Waals surface area contributed by atoms with Gasteiger partial charge in [0.2, 0.25) is 5.91 Å². The largest absolute Gasteiger partial charge is 0.497 e. The van der Waals surface area contributed by atoms with E-state index in [1.54, 1.807) is 43.3 Å². The molecule has 8 nitrogen and oxygen atoms in total. The topological polar surface area (TPSA) is 105 Å². The van der Waals surface area contributed by atoms with Crippen LogP contribution in [-0.2, 0) is 21.1 Å². The second-order valence-electron chi connectivity index (χ2n) is 7.92. The summed E-state index contributed by atoms with van der Waals surface area (Å²) >= 11 is 0. The van der Waals surface area contributed by atoms with Gasteiger partial charge in [-0.1, -0.05) is 24.3 Å². The molecule has 0 aromatic heterocycles. The summed E-state index contributed by atoms with van der Waals surface area (Å²) in [5.74, 6) is 0.440. The Labute approximate surface area is 188 Å². The molecule has 1 atom stereocenters. The maximum atomic E-state index is 12.7. The van der Waals surface area contributed by atoms with E-state index >= 15 is 0 Å². The maximum absolute atomic E-state index is 12.7. The first-order valence-electron chi connectivity index (χ1n) is 10.5. The fourth-order valence-electron chi connectivity index (χ4n) is 3.67. The molecular formula is C23H29N3O5S. The molecule has 2 aromatic rings. The summed E-state index contributed by atoms with van der Waals surface area (Å²) in [5, 5.41) is 5.67. The Morgan fingerprint density at radius 2 is 1.84 bits per heavy atom. The molecule has 32 heavy (non-hydrogen) atoms. The summed E-state index contributed by atoms with van der Waals surface area (Å²) in [5.41, 5.74) is 1.87. The fourth-order valence-corrected chi connectivity index (χ4v) is 5.47. The van der Waals surface area contributed by atoms with Crippen LogP contribution in [0.5, 0.6) is 5.75 Å². The van der Waals surface area contributed by atoms with Crippen molar-refractivity contribution in [3.8, 4) is 5.75 Å². The zero-order valence-electron chi connectivity index (χ0n) is 18.3. The average Bonchev–Trinajstić information content (AvgIpc) is 3.14. The highest BCUT2D eigenvalue weighted by molar-refractivity contribution is 7.91. The third-order valence-corrected chi connectivity index (χ3v) is 7.28. The van der Waals surface area contributed by atoms with E-state index < -0.39 is 9.84 Å². The lowest BCUT2D eigenvalue weighted by atomic mass is 10.1. The highest BCUT2D eigenvalue weighted by Gasteiger charge is 2.31. The zero-order valence-corrected chi connectivity index (χ0v) is 19.2. The van der Waals surface area contributed by atoms with Crippen LogP contribution in [0.25, 0.3) is 0 Å². The van der Waals surface area contributed by atoms with Crippen molar-refractivity contribution in [1.82, 2.24) is 10.2 Å². The number of para-hydroxylation sites is 1. The maximum Gasteiger partial charge on any atom is 0.253 e. The minimum atomic E-state index is -3.02. The molecule has 2 amide bonds.